The maximum absolute atomic E-state index is 12.0. The lowest BCUT2D eigenvalue weighted by molar-refractivity contribution is -0.116. The molecule has 0 unspecified atom stereocenters. The Kier molecular flexibility index (Phi) is 6.83. The molecule has 2 aromatic carbocycles. The van der Waals surface area contributed by atoms with Crippen LogP contribution in [0.3, 0.4) is 0 Å². The molecule has 0 aliphatic heterocycles. The molecule has 2 rings (SSSR count). The van der Waals surface area contributed by atoms with Crippen LogP contribution in [0.5, 0.6) is 0 Å². The van der Waals surface area contributed by atoms with E-state index >= 15 is 0 Å². The third-order valence-corrected chi connectivity index (χ3v) is 3.94. The summed E-state index contributed by atoms with van der Waals surface area (Å²) in [6.07, 6.45) is 1.28. The molecular weight excluding hydrogens is 338 g/mol. The Hall–Kier alpha value is -2.53. The van der Waals surface area contributed by atoms with Gasteiger partial charge in [-0.1, -0.05) is 30.7 Å². The van der Waals surface area contributed by atoms with Gasteiger partial charge >= 0.3 is 0 Å². The number of halogens is 1. The van der Waals surface area contributed by atoms with E-state index in [1.165, 1.54) is 0 Å². The lowest BCUT2D eigenvalue weighted by Crippen LogP contribution is -2.21. The smallest absolute Gasteiger partial charge is 0.243 e. The first kappa shape index (κ1) is 18.8. The fraction of sp³-hybridized carbons (Fsp3) is 0.263. The van der Waals surface area contributed by atoms with Crippen LogP contribution in [0, 0.1) is 6.92 Å². The van der Waals surface area contributed by atoms with Crippen molar-refractivity contribution in [2.24, 2.45) is 0 Å². The van der Waals surface area contributed by atoms with E-state index in [1.807, 2.05) is 44.2 Å². The first-order chi connectivity index (χ1) is 12.0. The number of carbonyl (C=O) groups excluding carboxylic acids is 2. The molecule has 132 valence electrons. The van der Waals surface area contributed by atoms with Crippen molar-refractivity contribution >= 4 is 40.5 Å². The Morgan fingerprint density at radius 2 is 1.64 bits per heavy atom. The van der Waals surface area contributed by atoms with Crippen LogP contribution in [0.4, 0.5) is 17.1 Å². The fourth-order valence-electron chi connectivity index (χ4n) is 2.22. The monoisotopic (exact) mass is 359 g/mol. The minimum Gasteiger partial charge on any atom is -0.376 e. The topological polar surface area (TPSA) is 70.2 Å². The molecule has 0 fully saturated rings. The van der Waals surface area contributed by atoms with Crippen LogP contribution < -0.4 is 16.0 Å². The number of rotatable bonds is 7. The molecule has 0 aliphatic carbocycles. The van der Waals surface area contributed by atoms with E-state index in [2.05, 4.69) is 16.0 Å². The summed E-state index contributed by atoms with van der Waals surface area (Å²) in [4.78, 5) is 23.7. The molecule has 0 heterocycles. The van der Waals surface area contributed by atoms with Gasteiger partial charge in [-0.3, -0.25) is 9.59 Å². The van der Waals surface area contributed by atoms with Crippen molar-refractivity contribution in [3.8, 4) is 0 Å². The van der Waals surface area contributed by atoms with Crippen LogP contribution in [0.2, 0.25) is 5.02 Å². The van der Waals surface area contributed by atoms with E-state index in [0.29, 0.717) is 22.8 Å². The lowest BCUT2D eigenvalue weighted by atomic mass is 10.2. The van der Waals surface area contributed by atoms with Gasteiger partial charge in [-0.2, -0.15) is 0 Å². The molecule has 0 atom stereocenters. The van der Waals surface area contributed by atoms with E-state index in [9.17, 15) is 9.59 Å². The van der Waals surface area contributed by atoms with Crippen molar-refractivity contribution in [1.29, 1.82) is 0 Å². The van der Waals surface area contributed by atoms with Crippen LogP contribution in [-0.2, 0) is 9.59 Å². The highest BCUT2D eigenvalue weighted by molar-refractivity contribution is 6.31. The summed E-state index contributed by atoms with van der Waals surface area (Å²) in [6.45, 7) is 3.97. The molecule has 5 nitrogen and oxygen atoms in total. The lowest BCUT2D eigenvalue weighted by Gasteiger charge is -2.10. The van der Waals surface area contributed by atoms with Crippen LogP contribution in [0.15, 0.2) is 42.5 Å². The van der Waals surface area contributed by atoms with Gasteiger partial charge in [-0.15, -0.1) is 0 Å². The zero-order valence-corrected chi connectivity index (χ0v) is 15.1. The normalized spacial score (nSPS) is 10.2. The Bertz CT molecular complexity index is 762. The minimum atomic E-state index is -0.180. The molecule has 3 N–H and O–H groups in total. The second-order valence-electron chi connectivity index (χ2n) is 5.74. The first-order valence-electron chi connectivity index (χ1n) is 8.17. The summed E-state index contributed by atoms with van der Waals surface area (Å²) < 4.78 is 0. The maximum atomic E-state index is 12.0. The summed E-state index contributed by atoms with van der Waals surface area (Å²) in [5.74, 6) is -0.200. The van der Waals surface area contributed by atoms with Crippen LogP contribution in [0.1, 0.15) is 25.3 Å². The average Bonchev–Trinajstić information content (AvgIpc) is 2.57. The molecule has 2 aromatic rings. The Morgan fingerprint density at radius 1 is 0.960 bits per heavy atom. The average molecular weight is 360 g/mol. The number of aryl methyl sites for hydroxylation is 1. The predicted octanol–water partition coefficient (Wildman–Crippen LogP) is 4.44. The Morgan fingerprint density at radius 3 is 2.36 bits per heavy atom. The highest BCUT2D eigenvalue weighted by atomic mass is 35.5. The minimum absolute atomic E-state index is 0.0198. The summed E-state index contributed by atoms with van der Waals surface area (Å²) in [7, 11) is 0. The van der Waals surface area contributed by atoms with E-state index in [4.69, 9.17) is 11.6 Å². The molecule has 0 spiro atoms. The molecule has 25 heavy (non-hydrogen) atoms. The number of hydrogen-bond acceptors (Lipinski definition) is 3. The summed E-state index contributed by atoms with van der Waals surface area (Å²) in [6, 6.07) is 12.7. The van der Waals surface area contributed by atoms with E-state index in [-0.39, 0.29) is 18.4 Å². The van der Waals surface area contributed by atoms with Gasteiger partial charge in [-0.05, 0) is 49.2 Å². The van der Waals surface area contributed by atoms with Gasteiger partial charge < -0.3 is 16.0 Å². The SMILES string of the molecule is CCCC(=O)Nc1cccc(NCC(=O)Nc2ccc(C)c(Cl)c2)c1. The zero-order chi connectivity index (χ0) is 18.2. The second-order valence-corrected chi connectivity index (χ2v) is 6.15. The van der Waals surface area contributed by atoms with E-state index in [0.717, 1.165) is 17.7 Å². The highest BCUT2D eigenvalue weighted by Gasteiger charge is 2.05. The molecule has 0 saturated carbocycles. The molecular formula is C19H22ClN3O2. The molecule has 0 bridgehead atoms. The van der Waals surface area contributed by atoms with Gasteiger partial charge in [0.05, 0.1) is 6.54 Å². The maximum Gasteiger partial charge on any atom is 0.243 e. The summed E-state index contributed by atoms with van der Waals surface area (Å²) >= 11 is 6.05. The number of benzene rings is 2. The Balaban J connectivity index is 1.88. The number of amides is 2. The first-order valence-corrected chi connectivity index (χ1v) is 8.55. The molecule has 2 amide bonds. The third-order valence-electron chi connectivity index (χ3n) is 3.53. The highest BCUT2D eigenvalue weighted by Crippen LogP contribution is 2.20. The number of carbonyl (C=O) groups is 2. The van der Waals surface area contributed by atoms with Gasteiger partial charge in [-0.25, -0.2) is 0 Å². The van der Waals surface area contributed by atoms with Gasteiger partial charge in [0.2, 0.25) is 11.8 Å². The molecule has 0 radical (unpaired) electrons. The van der Waals surface area contributed by atoms with Crippen molar-refractivity contribution in [3.63, 3.8) is 0 Å². The molecule has 0 aliphatic rings. The van der Waals surface area contributed by atoms with Gasteiger partial charge in [0.25, 0.3) is 0 Å². The van der Waals surface area contributed by atoms with E-state index in [1.54, 1.807) is 12.1 Å². The quantitative estimate of drug-likeness (QED) is 0.684. The van der Waals surface area contributed by atoms with Crippen molar-refractivity contribution in [1.82, 2.24) is 0 Å². The zero-order valence-electron chi connectivity index (χ0n) is 14.4. The second kappa shape index (κ2) is 9.08. The van der Waals surface area contributed by atoms with Gasteiger partial charge in [0, 0.05) is 28.5 Å². The van der Waals surface area contributed by atoms with Crippen LogP contribution in [0.25, 0.3) is 0 Å². The summed E-state index contributed by atoms with van der Waals surface area (Å²) in [5, 5.41) is 9.27. The van der Waals surface area contributed by atoms with Crippen molar-refractivity contribution < 1.29 is 9.59 Å². The molecule has 6 heteroatoms. The van der Waals surface area contributed by atoms with Crippen LogP contribution in [-0.4, -0.2) is 18.4 Å². The van der Waals surface area contributed by atoms with Crippen molar-refractivity contribution in [2.45, 2.75) is 26.7 Å². The number of anilines is 3. The van der Waals surface area contributed by atoms with Crippen molar-refractivity contribution in [2.75, 3.05) is 22.5 Å². The largest absolute Gasteiger partial charge is 0.376 e. The number of nitrogens with one attached hydrogen (secondary N) is 3. The number of hydrogen-bond donors (Lipinski definition) is 3. The molecule has 0 saturated heterocycles. The summed E-state index contributed by atoms with van der Waals surface area (Å²) in [5.41, 5.74) is 3.07. The predicted molar refractivity (Wildman–Crippen MR) is 103 cm³/mol. The fourth-order valence-corrected chi connectivity index (χ4v) is 2.40. The molecule has 0 aromatic heterocycles. The van der Waals surface area contributed by atoms with Gasteiger partial charge in [0.1, 0.15) is 0 Å². The third kappa shape index (κ3) is 6.12. The standard InChI is InChI=1S/C19H22ClN3O2/c1-3-5-18(24)22-15-7-4-6-14(10-15)21-12-19(25)23-16-9-8-13(2)17(20)11-16/h4,6-11,21H,3,5,12H2,1-2H3,(H,22,24)(H,23,25). The van der Waals surface area contributed by atoms with Crippen LogP contribution >= 0.6 is 11.6 Å². The van der Waals surface area contributed by atoms with Crippen molar-refractivity contribution in [3.05, 3.63) is 53.1 Å². The van der Waals surface area contributed by atoms with E-state index < -0.39 is 0 Å². The Labute approximate surface area is 152 Å². The van der Waals surface area contributed by atoms with Gasteiger partial charge in [0.15, 0.2) is 0 Å².